The molecule has 0 bridgehead atoms. The summed E-state index contributed by atoms with van der Waals surface area (Å²) < 4.78 is 44.4. The number of sulfonamides is 1. The summed E-state index contributed by atoms with van der Waals surface area (Å²) >= 11 is 0. The van der Waals surface area contributed by atoms with Gasteiger partial charge in [-0.3, -0.25) is 9.10 Å². The van der Waals surface area contributed by atoms with Crippen LogP contribution in [0.5, 0.6) is 17.2 Å². The summed E-state index contributed by atoms with van der Waals surface area (Å²) in [5.41, 5.74) is 1.45. The van der Waals surface area contributed by atoms with Crippen molar-refractivity contribution in [3.8, 4) is 17.2 Å². The molecule has 0 saturated carbocycles. The first-order valence-electron chi connectivity index (χ1n) is 11.3. The number of anilines is 1. The zero-order valence-electron chi connectivity index (χ0n) is 19.5. The second-order valence-corrected chi connectivity index (χ2v) is 9.82. The molecule has 184 valence electrons. The van der Waals surface area contributed by atoms with Crippen molar-refractivity contribution >= 4 is 21.6 Å². The lowest BCUT2D eigenvalue weighted by molar-refractivity contribution is -0.119. The standard InChI is InChI=1S/C26H28N2O6S/c1-32-22-12-9-20(10-13-22)6-5-15-27-26(29)19-28(35(30,31)23-7-3-2-4-8-23)21-11-14-24-25(18-21)34-17-16-33-24/h2-4,7-14,18H,5-6,15-17,19H2,1H3,(H,27,29). The Bertz CT molecular complexity index is 1250. The van der Waals surface area contributed by atoms with Gasteiger partial charge in [-0.2, -0.15) is 0 Å². The minimum absolute atomic E-state index is 0.0993. The van der Waals surface area contributed by atoms with E-state index in [2.05, 4.69) is 5.32 Å². The quantitative estimate of drug-likeness (QED) is 0.433. The van der Waals surface area contributed by atoms with E-state index >= 15 is 0 Å². The number of nitrogens with one attached hydrogen (secondary N) is 1. The van der Waals surface area contributed by atoms with Crippen LogP contribution in [0.4, 0.5) is 5.69 Å². The molecule has 0 spiro atoms. The van der Waals surface area contributed by atoms with Gasteiger partial charge in [-0.25, -0.2) is 8.42 Å². The minimum atomic E-state index is -3.99. The Morgan fingerprint density at radius 2 is 1.69 bits per heavy atom. The molecule has 0 fully saturated rings. The van der Waals surface area contributed by atoms with Gasteiger partial charge in [0.2, 0.25) is 5.91 Å². The maximum Gasteiger partial charge on any atom is 0.264 e. The fraction of sp³-hybridized carbons (Fsp3) is 0.269. The van der Waals surface area contributed by atoms with Gasteiger partial charge < -0.3 is 19.5 Å². The first-order valence-corrected chi connectivity index (χ1v) is 12.8. The van der Waals surface area contributed by atoms with E-state index in [1.165, 1.54) is 12.1 Å². The van der Waals surface area contributed by atoms with E-state index in [1.54, 1.807) is 43.5 Å². The first kappa shape index (κ1) is 24.4. The molecule has 0 aromatic heterocycles. The fourth-order valence-electron chi connectivity index (χ4n) is 3.72. The Kier molecular flexibility index (Phi) is 7.77. The van der Waals surface area contributed by atoms with Crippen LogP contribution in [0.1, 0.15) is 12.0 Å². The summed E-state index contributed by atoms with van der Waals surface area (Å²) in [7, 11) is -2.37. The Hall–Kier alpha value is -3.72. The number of nitrogens with zero attached hydrogens (tertiary/aromatic N) is 1. The second kappa shape index (κ2) is 11.1. The summed E-state index contributed by atoms with van der Waals surface area (Å²) in [5.74, 6) is 1.39. The highest BCUT2D eigenvalue weighted by molar-refractivity contribution is 7.92. The number of aryl methyl sites for hydroxylation is 1. The van der Waals surface area contributed by atoms with Gasteiger partial charge in [-0.05, 0) is 54.8 Å². The summed E-state index contributed by atoms with van der Waals surface area (Å²) in [6, 6.07) is 20.7. The lowest BCUT2D eigenvalue weighted by atomic mass is 10.1. The molecule has 3 aromatic rings. The molecule has 1 heterocycles. The van der Waals surface area contributed by atoms with Gasteiger partial charge in [0.25, 0.3) is 10.0 Å². The summed E-state index contributed by atoms with van der Waals surface area (Å²) in [6.45, 7) is 0.860. The molecule has 0 atom stereocenters. The van der Waals surface area contributed by atoms with Crippen LogP contribution in [0.15, 0.2) is 77.7 Å². The predicted molar refractivity (Wildman–Crippen MR) is 133 cm³/mol. The second-order valence-electron chi connectivity index (χ2n) is 7.95. The van der Waals surface area contributed by atoms with E-state index in [9.17, 15) is 13.2 Å². The van der Waals surface area contributed by atoms with Crippen LogP contribution in [-0.4, -0.2) is 47.7 Å². The van der Waals surface area contributed by atoms with Crippen LogP contribution >= 0.6 is 0 Å². The van der Waals surface area contributed by atoms with E-state index in [0.29, 0.717) is 43.4 Å². The number of carbonyl (C=O) groups is 1. The number of benzene rings is 3. The van der Waals surface area contributed by atoms with Crippen LogP contribution in [0.3, 0.4) is 0 Å². The Labute approximate surface area is 205 Å². The first-order chi connectivity index (χ1) is 17.0. The van der Waals surface area contributed by atoms with Crippen molar-refractivity contribution < 1.29 is 27.4 Å². The van der Waals surface area contributed by atoms with Crippen LogP contribution in [0.2, 0.25) is 0 Å². The van der Waals surface area contributed by atoms with Crippen molar-refractivity contribution in [1.29, 1.82) is 0 Å². The fourth-order valence-corrected chi connectivity index (χ4v) is 5.15. The molecule has 0 radical (unpaired) electrons. The maximum atomic E-state index is 13.5. The molecule has 1 N–H and O–H groups in total. The van der Waals surface area contributed by atoms with Gasteiger partial charge in [-0.1, -0.05) is 30.3 Å². The predicted octanol–water partition coefficient (Wildman–Crippen LogP) is 3.41. The monoisotopic (exact) mass is 496 g/mol. The summed E-state index contributed by atoms with van der Waals surface area (Å²) in [4.78, 5) is 12.9. The third-order valence-corrected chi connectivity index (χ3v) is 7.34. The van der Waals surface area contributed by atoms with Gasteiger partial charge in [0.1, 0.15) is 25.5 Å². The summed E-state index contributed by atoms with van der Waals surface area (Å²) in [5, 5.41) is 2.84. The zero-order chi connectivity index (χ0) is 24.7. The van der Waals surface area contributed by atoms with Crippen molar-refractivity contribution in [2.24, 2.45) is 0 Å². The lowest BCUT2D eigenvalue weighted by Crippen LogP contribution is -2.41. The molecule has 3 aromatic carbocycles. The molecule has 0 unspecified atom stereocenters. The third-order valence-electron chi connectivity index (χ3n) is 5.56. The van der Waals surface area contributed by atoms with E-state index in [-0.39, 0.29) is 11.4 Å². The number of fused-ring (bicyclic) bond motifs is 1. The summed E-state index contributed by atoms with van der Waals surface area (Å²) in [6.07, 6.45) is 1.49. The molecule has 8 nitrogen and oxygen atoms in total. The molecule has 0 aliphatic carbocycles. The number of carbonyl (C=O) groups excluding carboxylic acids is 1. The molecule has 1 amide bonds. The minimum Gasteiger partial charge on any atom is -0.497 e. The Balaban J connectivity index is 1.45. The largest absolute Gasteiger partial charge is 0.497 e. The third kappa shape index (κ3) is 6.05. The van der Waals surface area contributed by atoms with Crippen molar-refractivity contribution in [3.05, 3.63) is 78.4 Å². The highest BCUT2D eigenvalue weighted by atomic mass is 32.2. The number of hydrogen-bond donors (Lipinski definition) is 1. The molecular weight excluding hydrogens is 468 g/mol. The van der Waals surface area contributed by atoms with Crippen LogP contribution < -0.4 is 23.8 Å². The van der Waals surface area contributed by atoms with E-state index < -0.39 is 15.9 Å². The Morgan fingerprint density at radius 1 is 0.971 bits per heavy atom. The maximum absolute atomic E-state index is 13.5. The van der Waals surface area contributed by atoms with Crippen LogP contribution in [-0.2, 0) is 21.2 Å². The normalized spacial score (nSPS) is 12.6. The van der Waals surface area contributed by atoms with Crippen molar-refractivity contribution in [2.45, 2.75) is 17.7 Å². The number of rotatable bonds is 10. The zero-order valence-corrected chi connectivity index (χ0v) is 20.3. The number of ether oxygens (including phenoxy) is 3. The molecule has 1 aliphatic heterocycles. The van der Waals surface area contributed by atoms with Crippen molar-refractivity contribution in [1.82, 2.24) is 5.32 Å². The van der Waals surface area contributed by atoms with E-state index in [4.69, 9.17) is 14.2 Å². The molecule has 4 rings (SSSR count). The van der Waals surface area contributed by atoms with Gasteiger partial charge in [0.05, 0.1) is 17.7 Å². The topological polar surface area (TPSA) is 94.2 Å². The molecule has 9 heteroatoms. The SMILES string of the molecule is COc1ccc(CCCNC(=O)CN(c2ccc3c(c2)OCCO3)S(=O)(=O)c2ccccc2)cc1. The van der Waals surface area contributed by atoms with Crippen molar-refractivity contribution in [2.75, 3.05) is 37.7 Å². The van der Waals surface area contributed by atoms with Gasteiger partial charge >= 0.3 is 0 Å². The van der Waals surface area contributed by atoms with E-state index in [0.717, 1.165) is 22.0 Å². The lowest BCUT2D eigenvalue weighted by Gasteiger charge is -2.26. The number of amides is 1. The van der Waals surface area contributed by atoms with Gasteiger partial charge in [0.15, 0.2) is 11.5 Å². The van der Waals surface area contributed by atoms with Crippen molar-refractivity contribution in [3.63, 3.8) is 0 Å². The highest BCUT2D eigenvalue weighted by Crippen LogP contribution is 2.35. The molecule has 0 saturated heterocycles. The van der Waals surface area contributed by atoms with Crippen LogP contribution in [0, 0.1) is 0 Å². The van der Waals surface area contributed by atoms with Gasteiger partial charge in [0, 0.05) is 12.6 Å². The Morgan fingerprint density at radius 3 is 2.40 bits per heavy atom. The average Bonchev–Trinajstić information content (AvgIpc) is 2.90. The smallest absolute Gasteiger partial charge is 0.264 e. The van der Waals surface area contributed by atoms with Crippen LogP contribution in [0.25, 0.3) is 0 Å². The highest BCUT2D eigenvalue weighted by Gasteiger charge is 2.28. The number of hydrogen-bond acceptors (Lipinski definition) is 6. The average molecular weight is 497 g/mol. The molecular formula is C26H28N2O6S. The molecule has 1 aliphatic rings. The number of methoxy groups -OCH3 is 1. The van der Waals surface area contributed by atoms with E-state index in [1.807, 2.05) is 24.3 Å². The van der Waals surface area contributed by atoms with Gasteiger partial charge in [-0.15, -0.1) is 0 Å². The molecule has 35 heavy (non-hydrogen) atoms.